The van der Waals surface area contributed by atoms with Crippen LogP contribution in [0.5, 0.6) is 0 Å². The fraction of sp³-hybridized carbons (Fsp3) is 0.167. The summed E-state index contributed by atoms with van der Waals surface area (Å²) < 4.78 is 0. The zero-order chi connectivity index (χ0) is 11.4. The van der Waals surface area contributed by atoms with Crippen molar-refractivity contribution in [2.75, 3.05) is 5.75 Å². The summed E-state index contributed by atoms with van der Waals surface area (Å²) in [6.07, 6.45) is 0. The third-order valence-corrected chi connectivity index (χ3v) is 4.90. The number of thioether (sulfide) groups is 2. The maximum Gasteiger partial charge on any atom is 0.110 e. The van der Waals surface area contributed by atoms with E-state index in [4.69, 9.17) is 10.5 Å². The van der Waals surface area contributed by atoms with E-state index in [9.17, 15) is 0 Å². The number of hydrogen-bond acceptors (Lipinski definition) is 4. The summed E-state index contributed by atoms with van der Waals surface area (Å²) in [6.45, 7) is 0. The molecule has 1 aromatic rings. The van der Waals surface area contributed by atoms with E-state index in [0.29, 0.717) is 9.81 Å². The molecule has 1 unspecified atom stereocenters. The molecule has 0 fully saturated rings. The van der Waals surface area contributed by atoms with Gasteiger partial charge in [-0.15, -0.1) is 23.5 Å². The van der Waals surface area contributed by atoms with Crippen LogP contribution in [0.3, 0.4) is 0 Å². The van der Waals surface area contributed by atoms with Crippen LogP contribution >= 0.6 is 23.5 Å². The zero-order valence-corrected chi connectivity index (χ0v) is 10.0. The number of nitrogens with zero attached hydrogens (tertiary/aromatic N) is 2. The van der Waals surface area contributed by atoms with Crippen LogP contribution in [-0.2, 0) is 0 Å². The molecule has 0 N–H and O–H groups in total. The molecular formula is C12H8N2S2. The average Bonchev–Trinajstić information content (AvgIpc) is 2.39. The highest BCUT2D eigenvalue weighted by molar-refractivity contribution is 8.10. The Labute approximate surface area is 103 Å². The Morgan fingerprint density at radius 2 is 1.75 bits per heavy atom. The molecule has 78 valence electrons. The van der Waals surface area contributed by atoms with Gasteiger partial charge in [0.15, 0.2) is 0 Å². The quantitative estimate of drug-likeness (QED) is 0.759. The molecule has 0 amide bonds. The molecule has 1 heterocycles. The van der Waals surface area contributed by atoms with Crippen molar-refractivity contribution in [2.45, 2.75) is 5.25 Å². The SMILES string of the molecule is N#CC1=C(C#N)SC(c2ccccc2)CS1. The van der Waals surface area contributed by atoms with Gasteiger partial charge in [-0.2, -0.15) is 10.5 Å². The predicted octanol–water partition coefficient (Wildman–Crippen LogP) is 3.47. The van der Waals surface area contributed by atoms with Gasteiger partial charge in [-0.3, -0.25) is 0 Å². The maximum atomic E-state index is 8.96. The molecule has 0 saturated heterocycles. The van der Waals surface area contributed by atoms with Crippen LogP contribution in [0.25, 0.3) is 0 Å². The fourth-order valence-electron chi connectivity index (χ4n) is 1.45. The van der Waals surface area contributed by atoms with Gasteiger partial charge in [-0.1, -0.05) is 30.3 Å². The average molecular weight is 244 g/mol. The summed E-state index contributed by atoms with van der Waals surface area (Å²) >= 11 is 2.97. The molecule has 16 heavy (non-hydrogen) atoms. The second-order valence-corrected chi connectivity index (χ2v) is 5.45. The standard InChI is InChI=1S/C12H8N2S2/c13-6-10-11(7-14)16-12(8-15-10)9-4-2-1-3-5-9/h1-5,12H,8H2. The van der Waals surface area contributed by atoms with Crippen LogP contribution < -0.4 is 0 Å². The van der Waals surface area contributed by atoms with Gasteiger partial charge in [-0.05, 0) is 5.56 Å². The second kappa shape index (κ2) is 5.12. The van der Waals surface area contributed by atoms with E-state index in [1.54, 1.807) is 0 Å². The first kappa shape index (κ1) is 11.1. The minimum Gasteiger partial charge on any atom is -0.192 e. The van der Waals surface area contributed by atoms with Crippen molar-refractivity contribution in [3.8, 4) is 12.1 Å². The first-order valence-corrected chi connectivity index (χ1v) is 6.60. The molecule has 1 aromatic carbocycles. The summed E-state index contributed by atoms with van der Waals surface area (Å²) in [7, 11) is 0. The monoisotopic (exact) mass is 244 g/mol. The van der Waals surface area contributed by atoms with Crippen molar-refractivity contribution in [1.82, 2.24) is 0 Å². The molecule has 1 aliphatic rings. The first-order valence-electron chi connectivity index (χ1n) is 4.74. The minimum absolute atomic E-state index is 0.276. The van der Waals surface area contributed by atoms with Crippen molar-refractivity contribution >= 4 is 23.5 Å². The van der Waals surface area contributed by atoms with Crippen LogP contribution in [0.2, 0.25) is 0 Å². The molecule has 0 saturated carbocycles. The lowest BCUT2D eigenvalue weighted by Crippen LogP contribution is -2.03. The second-order valence-electron chi connectivity index (χ2n) is 3.21. The summed E-state index contributed by atoms with van der Waals surface area (Å²) in [5.74, 6) is 0.850. The smallest absolute Gasteiger partial charge is 0.110 e. The van der Waals surface area contributed by atoms with Gasteiger partial charge in [-0.25, -0.2) is 0 Å². The van der Waals surface area contributed by atoms with Gasteiger partial charge < -0.3 is 0 Å². The third-order valence-electron chi connectivity index (χ3n) is 2.22. The lowest BCUT2D eigenvalue weighted by molar-refractivity contribution is 1.12. The summed E-state index contributed by atoms with van der Waals surface area (Å²) in [5, 5.41) is 18.1. The van der Waals surface area contributed by atoms with Crippen molar-refractivity contribution in [3.05, 3.63) is 45.7 Å². The molecule has 1 aliphatic heterocycles. The fourth-order valence-corrected chi connectivity index (χ4v) is 3.78. The van der Waals surface area contributed by atoms with E-state index >= 15 is 0 Å². The van der Waals surface area contributed by atoms with Crippen LogP contribution in [0.1, 0.15) is 10.8 Å². The molecule has 1 atom stereocenters. The highest BCUT2D eigenvalue weighted by Gasteiger charge is 2.23. The molecular weight excluding hydrogens is 236 g/mol. The summed E-state index contributed by atoms with van der Waals surface area (Å²) in [5.41, 5.74) is 1.21. The number of rotatable bonds is 1. The van der Waals surface area contributed by atoms with E-state index in [2.05, 4.69) is 24.3 Å². The van der Waals surface area contributed by atoms with Crippen molar-refractivity contribution in [1.29, 1.82) is 10.5 Å². The molecule has 0 bridgehead atoms. The van der Waals surface area contributed by atoms with Gasteiger partial charge in [0.1, 0.15) is 21.9 Å². The normalized spacial score (nSPS) is 20.0. The van der Waals surface area contributed by atoms with Crippen LogP contribution in [0.15, 0.2) is 40.1 Å². The van der Waals surface area contributed by atoms with Gasteiger partial charge in [0.2, 0.25) is 0 Å². The van der Waals surface area contributed by atoms with Gasteiger partial charge >= 0.3 is 0 Å². The number of hydrogen-bond donors (Lipinski definition) is 0. The highest BCUT2D eigenvalue weighted by atomic mass is 32.2. The maximum absolute atomic E-state index is 8.96. The molecule has 0 aliphatic carbocycles. The predicted molar refractivity (Wildman–Crippen MR) is 67.5 cm³/mol. The third kappa shape index (κ3) is 2.24. The van der Waals surface area contributed by atoms with Crippen molar-refractivity contribution in [3.63, 3.8) is 0 Å². The van der Waals surface area contributed by atoms with Crippen LogP contribution in [0.4, 0.5) is 0 Å². The van der Waals surface area contributed by atoms with E-state index < -0.39 is 0 Å². The number of benzene rings is 1. The topological polar surface area (TPSA) is 47.6 Å². The molecule has 4 heteroatoms. The van der Waals surface area contributed by atoms with E-state index in [0.717, 1.165) is 5.75 Å². The largest absolute Gasteiger partial charge is 0.192 e. The zero-order valence-electron chi connectivity index (χ0n) is 8.38. The van der Waals surface area contributed by atoms with Crippen molar-refractivity contribution in [2.24, 2.45) is 0 Å². The Kier molecular flexibility index (Phi) is 3.56. The summed E-state index contributed by atoms with van der Waals surface area (Å²) in [6, 6.07) is 14.3. The van der Waals surface area contributed by atoms with Gasteiger partial charge in [0.25, 0.3) is 0 Å². The van der Waals surface area contributed by atoms with Gasteiger partial charge in [0, 0.05) is 11.0 Å². The molecule has 2 nitrogen and oxygen atoms in total. The number of nitriles is 2. The first-order chi connectivity index (χ1) is 7.85. The van der Waals surface area contributed by atoms with Gasteiger partial charge in [0.05, 0.1) is 0 Å². The Balaban J connectivity index is 2.24. The Bertz CT molecular complexity index is 494. The van der Waals surface area contributed by atoms with E-state index in [-0.39, 0.29) is 5.25 Å². The highest BCUT2D eigenvalue weighted by Crippen LogP contribution is 2.45. The molecule has 2 rings (SSSR count). The Morgan fingerprint density at radius 1 is 1.06 bits per heavy atom. The van der Waals surface area contributed by atoms with E-state index in [1.165, 1.54) is 29.1 Å². The molecule has 0 radical (unpaired) electrons. The van der Waals surface area contributed by atoms with Crippen LogP contribution in [-0.4, -0.2) is 5.75 Å². The lowest BCUT2D eigenvalue weighted by Gasteiger charge is -2.20. The molecule has 0 spiro atoms. The summed E-state index contributed by atoms with van der Waals surface area (Å²) in [4.78, 5) is 1.10. The molecule has 0 aromatic heterocycles. The van der Waals surface area contributed by atoms with Crippen LogP contribution in [0, 0.1) is 22.7 Å². The lowest BCUT2D eigenvalue weighted by atomic mass is 10.2. The minimum atomic E-state index is 0.276. The van der Waals surface area contributed by atoms with Crippen molar-refractivity contribution < 1.29 is 0 Å². The number of allylic oxidation sites excluding steroid dienone is 2. The Morgan fingerprint density at radius 3 is 2.38 bits per heavy atom. The van der Waals surface area contributed by atoms with E-state index in [1.807, 2.05) is 18.2 Å². The Hall–Kier alpha value is -1.36.